The van der Waals surface area contributed by atoms with Crippen LogP contribution in [0.4, 0.5) is 5.69 Å². The van der Waals surface area contributed by atoms with E-state index in [9.17, 15) is 4.79 Å². The predicted molar refractivity (Wildman–Crippen MR) is 87.4 cm³/mol. The van der Waals surface area contributed by atoms with Crippen LogP contribution in [-0.4, -0.2) is 10.9 Å². The van der Waals surface area contributed by atoms with Crippen LogP contribution < -0.4 is 5.32 Å². The van der Waals surface area contributed by atoms with E-state index in [0.717, 1.165) is 17.7 Å². The molecule has 1 atom stereocenters. The van der Waals surface area contributed by atoms with Crippen molar-refractivity contribution < 1.29 is 4.79 Å². The van der Waals surface area contributed by atoms with Crippen molar-refractivity contribution in [2.24, 2.45) is 0 Å². The zero-order chi connectivity index (χ0) is 15.4. The van der Waals surface area contributed by atoms with Crippen molar-refractivity contribution in [2.75, 3.05) is 5.32 Å². The number of halogens is 2. The minimum absolute atomic E-state index is 0.188. The number of rotatable bonds is 4. The molecule has 0 saturated heterocycles. The summed E-state index contributed by atoms with van der Waals surface area (Å²) in [6.07, 6.45) is 2.41. The number of benzene rings is 1. The van der Waals surface area contributed by atoms with Crippen LogP contribution in [0.2, 0.25) is 10.2 Å². The average molecular weight is 323 g/mol. The summed E-state index contributed by atoms with van der Waals surface area (Å²) < 4.78 is 0. The van der Waals surface area contributed by atoms with Crippen LogP contribution in [-0.2, 0) is 0 Å². The van der Waals surface area contributed by atoms with Gasteiger partial charge < -0.3 is 5.32 Å². The van der Waals surface area contributed by atoms with Gasteiger partial charge in [-0.1, -0.05) is 55.2 Å². The number of carbonyl (C=O) groups is 1. The van der Waals surface area contributed by atoms with E-state index in [2.05, 4.69) is 24.1 Å². The number of aromatic nitrogens is 1. The van der Waals surface area contributed by atoms with Gasteiger partial charge in [0.05, 0.1) is 10.6 Å². The number of nitrogens with zero attached hydrogens (tertiary/aromatic N) is 1. The summed E-state index contributed by atoms with van der Waals surface area (Å²) in [6.45, 7) is 4.25. The van der Waals surface area contributed by atoms with Crippen molar-refractivity contribution in [1.82, 2.24) is 4.98 Å². The van der Waals surface area contributed by atoms with E-state index >= 15 is 0 Å². The molecule has 1 amide bonds. The largest absolute Gasteiger partial charge is 0.322 e. The molecule has 0 unspecified atom stereocenters. The Morgan fingerprint density at radius 1 is 1.33 bits per heavy atom. The lowest BCUT2D eigenvalue weighted by Gasteiger charge is -2.15. The van der Waals surface area contributed by atoms with Crippen molar-refractivity contribution in [3.05, 3.63) is 57.8 Å². The second kappa shape index (κ2) is 6.92. The maximum atomic E-state index is 12.3. The van der Waals surface area contributed by atoms with Crippen LogP contribution in [0, 0.1) is 0 Å². The lowest BCUT2D eigenvalue weighted by atomic mass is 9.97. The third-order valence-corrected chi connectivity index (χ3v) is 4.10. The zero-order valence-electron chi connectivity index (χ0n) is 11.9. The number of amides is 1. The maximum Gasteiger partial charge on any atom is 0.257 e. The summed E-state index contributed by atoms with van der Waals surface area (Å²) >= 11 is 11.6. The first-order valence-corrected chi connectivity index (χ1v) is 7.49. The van der Waals surface area contributed by atoms with Crippen LogP contribution in [0.15, 0.2) is 36.5 Å². The molecule has 1 aromatic carbocycles. The first-order valence-electron chi connectivity index (χ1n) is 6.74. The molecular weight excluding hydrogens is 307 g/mol. The minimum atomic E-state index is -0.253. The molecule has 110 valence electrons. The Morgan fingerprint density at radius 3 is 2.71 bits per heavy atom. The van der Waals surface area contributed by atoms with E-state index in [1.54, 1.807) is 0 Å². The average Bonchev–Trinajstić information content (AvgIpc) is 2.49. The van der Waals surface area contributed by atoms with Crippen molar-refractivity contribution in [3.63, 3.8) is 0 Å². The summed E-state index contributed by atoms with van der Waals surface area (Å²) in [4.78, 5) is 16.2. The van der Waals surface area contributed by atoms with Crippen LogP contribution >= 0.6 is 23.2 Å². The van der Waals surface area contributed by atoms with Crippen molar-refractivity contribution in [3.8, 4) is 0 Å². The van der Waals surface area contributed by atoms with Gasteiger partial charge in [-0.2, -0.15) is 0 Å². The lowest BCUT2D eigenvalue weighted by Crippen LogP contribution is -2.14. The lowest BCUT2D eigenvalue weighted by molar-refractivity contribution is 0.102. The summed E-state index contributed by atoms with van der Waals surface area (Å²) in [5.41, 5.74) is 2.30. The molecule has 3 nitrogen and oxygen atoms in total. The first kappa shape index (κ1) is 15.8. The van der Waals surface area contributed by atoms with E-state index < -0.39 is 0 Å². The van der Waals surface area contributed by atoms with Gasteiger partial charge in [0.25, 0.3) is 5.91 Å². The molecule has 1 aromatic heterocycles. The monoisotopic (exact) mass is 322 g/mol. The molecule has 5 heteroatoms. The van der Waals surface area contributed by atoms with E-state index in [1.165, 1.54) is 12.3 Å². The number of carbonyl (C=O) groups excluding carboxylic acids is 1. The Kier molecular flexibility index (Phi) is 5.21. The fraction of sp³-hybridized carbons (Fsp3) is 0.250. The van der Waals surface area contributed by atoms with Crippen LogP contribution in [0.3, 0.4) is 0 Å². The molecule has 0 aliphatic carbocycles. The molecular formula is C16H16Cl2N2O. The summed E-state index contributed by atoms with van der Waals surface area (Å²) in [5.74, 6) is 0.116. The standard InChI is InChI=1S/C16H16Cl2N2O/c1-3-10(2)12-6-4-5-7-14(12)20-16(21)11-8-13(17)15(18)19-9-11/h4-10H,3H2,1-2H3,(H,20,21)/t10-/m0/s1. The predicted octanol–water partition coefficient (Wildman–Crippen LogP) is 5.15. The fourth-order valence-corrected chi connectivity index (χ4v) is 2.27. The molecule has 0 bridgehead atoms. The van der Waals surface area contributed by atoms with Crippen LogP contribution in [0.25, 0.3) is 0 Å². The van der Waals surface area contributed by atoms with E-state index in [1.807, 2.05) is 24.3 Å². The van der Waals surface area contributed by atoms with Crippen molar-refractivity contribution in [1.29, 1.82) is 0 Å². The third kappa shape index (κ3) is 3.74. The minimum Gasteiger partial charge on any atom is -0.322 e. The molecule has 0 fully saturated rings. The van der Waals surface area contributed by atoms with Crippen LogP contribution in [0.1, 0.15) is 42.1 Å². The Hall–Kier alpha value is -1.58. The van der Waals surface area contributed by atoms with Gasteiger partial charge in [-0.25, -0.2) is 4.98 Å². The number of hydrogen-bond donors (Lipinski definition) is 1. The Balaban J connectivity index is 2.25. The highest BCUT2D eigenvalue weighted by molar-refractivity contribution is 6.41. The number of para-hydroxylation sites is 1. The topological polar surface area (TPSA) is 42.0 Å². The van der Waals surface area contributed by atoms with Gasteiger partial charge in [0.1, 0.15) is 5.15 Å². The van der Waals surface area contributed by atoms with E-state index in [0.29, 0.717) is 11.5 Å². The maximum absolute atomic E-state index is 12.3. The molecule has 2 aromatic rings. The zero-order valence-corrected chi connectivity index (χ0v) is 13.4. The highest BCUT2D eigenvalue weighted by atomic mass is 35.5. The molecule has 0 radical (unpaired) electrons. The Bertz CT molecular complexity index is 658. The van der Waals surface area contributed by atoms with E-state index in [-0.39, 0.29) is 16.1 Å². The third-order valence-electron chi connectivity index (χ3n) is 3.41. The molecule has 1 N–H and O–H groups in total. The second-order valence-electron chi connectivity index (χ2n) is 4.85. The molecule has 0 aliphatic rings. The van der Waals surface area contributed by atoms with Gasteiger partial charge in [0.2, 0.25) is 0 Å². The summed E-state index contributed by atoms with van der Waals surface area (Å²) in [5, 5.41) is 3.36. The van der Waals surface area contributed by atoms with E-state index in [4.69, 9.17) is 23.2 Å². The molecule has 21 heavy (non-hydrogen) atoms. The number of anilines is 1. The van der Waals surface area contributed by atoms with Gasteiger partial charge in [-0.15, -0.1) is 0 Å². The summed E-state index contributed by atoms with van der Waals surface area (Å²) in [7, 11) is 0. The van der Waals surface area contributed by atoms with Crippen LogP contribution in [0.5, 0.6) is 0 Å². The normalized spacial score (nSPS) is 12.0. The molecule has 0 aliphatic heterocycles. The van der Waals surface area contributed by atoms with Gasteiger partial charge in [0, 0.05) is 11.9 Å². The van der Waals surface area contributed by atoms with Gasteiger partial charge in [-0.05, 0) is 30.0 Å². The Morgan fingerprint density at radius 2 is 2.05 bits per heavy atom. The summed E-state index contributed by atoms with van der Waals surface area (Å²) in [6, 6.07) is 9.30. The Labute approximate surface area is 134 Å². The van der Waals surface area contributed by atoms with Gasteiger partial charge in [0.15, 0.2) is 0 Å². The molecule has 2 rings (SSSR count). The molecule has 0 spiro atoms. The first-order chi connectivity index (χ1) is 10.0. The van der Waals surface area contributed by atoms with Gasteiger partial charge >= 0.3 is 0 Å². The molecule has 0 saturated carbocycles. The number of nitrogens with one attached hydrogen (secondary N) is 1. The second-order valence-corrected chi connectivity index (χ2v) is 5.61. The highest BCUT2D eigenvalue weighted by Crippen LogP contribution is 2.27. The van der Waals surface area contributed by atoms with Crippen molar-refractivity contribution in [2.45, 2.75) is 26.2 Å². The molecule has 1 heterocycles. The fourth-order valence-electron chi connectivity index (χ4n) is 2.00. The highest BCUT2D eigenvalue weighted by Gasteiger charge is 2.13. The smallest absolute Gasteiger partial charge is 0.257 e. The van der Waals surface area contributed by atoms with Gasteiger partial charge in [-0.3, -0.25) is 4.79 Å². The van der Waals surface area contributed by atoms with Crippen molar-refractivity contribution >= 4 is 34.8 Å². The number of pyridine rings is 1. The quantitative estimate of drug-likeness (QED) is 0.790. The number of hydrogen-bond acceptors (Lipinski definition) is 2. The SMILES string of the molecule is CC[C@H](C)c1ccccc1NC(=O)c1cnc(Cl)c(Cl)c1.